The number of aryl methyl sites for hydroxylation is 1. The summed E-state index contributed by atoms with van der Waals surface area (Å²) in [7, 11) is 0. The Labute approximate surface area is 186 Å². The minimum Gasteiger partial charge on any atom is -0.352 e. The maximum absolute atomic E-state index is 14.1. The molecule has 1 amide bonds. The summed E-state index contributed by atoms with van der Waals surface area (Å²) in [5.41, 5.74) is 2.71. The van der Waals surface area contributed by atoms with Gasteiger partial charge in [0.1, 0.15) is 11.6 Å². The fourth-order valence-electron chi connectivity index (χ4n) is 4.10. The molecule has 2 heterocycles. The van der Waals surface area contributed by atoms with Crippen molar-refractivity contribution >= 4 is 17.5 Å². The van der Waals surface area contributed by atoms with Crippen LogP contribution in [0.2, 0.25) is 5.02 Å². The van der Waals surface area contributed by atoms with Gasteiger partial charge in [0.05, 0.1) is 5.69 Å². The van der Waals surface area contributed by atoms with Gasteiger partial charge in [0.2, 0.25) is 5.91 Å². The number of nitrogens with one attached hydrogen (secondary N) is 1. The van der Waals surface area contributed by atoms with Crippen molar-refractivity contribution in [3.8, 4) is 5.69 Å². The number of hydrogen-bond donors (Lipinski definition) is 1. The van der Waals surface area contributed by atoms with Crippen LogP contribution in [0.4, 0.5) is 4.39 Å². The van der Waals surface area contributed by atoms with Crippen molar-refractivity contribution in [3.63, 3.8) is 0 Å². The van der Waals surface area contributed by atoms with Crippen molar-refractivity contribution in [3.05, 3.63) is 82.6 Å². The molecule has 1 N–H and O–H groups in total. The second-order valence-corrected chi connectivity index (χ2v) is 8.41. The summed E-state index contributed by atoms with van der Waals surface area (Å²) in [6, 6.07) is 12.8. The fraction of sp³-hybridized carbons (Fsp3) is 0.333. The molecule has 1 aliphatic rings. The van der Waals surface area contributed by atoms with E-state index < -0.39 is 0 Å². The molecule has 0 spiro atoms. The highest BCUT2D eigenvalue weighted by molar-refractivity contribution is 6.30. The van der Waals surface area contributed by atoms with Gasteiger partial charge in [-0.1, -0.05) is 35.9 Å². The molecule has 7 heteroatoms. The molecule has 162 valence electrons. The standard InChI is InChI=1S/C24H26ClFN4O/c1-17-27-10-13-30(17)23-5-3-2-4-19(23)15-28-24(31)18-8-11-29(12-9-18)16-20-6-7-21(25)14-22(20)26/h2-7,10,13-14,18H,8-9,11-12,15-16H2,1H3,(H,28,31). The Morgan fingerprint density at radius 3 is 2.68 bits per heavy atom. The lowest BCUT2D eigenvalue weighted by Crippen LogP contribution is -2.40. The van der Waals surface area contributed by atoms with Crippen LogP contribution in [0, 0.1) is 18.7 Å². The number of amides is 1. The average molecular weight is 441 g/mol. The Bertz CT molecular complexity index is 1060. The maximum Gasteiger partial charge on any atom is 0.223 e. The van der Waals surface area contributed by atoms with Crippen LogP contribution in [0.15, 0.2) is 54.9 Å². The molecule has 0 unspecified atom stereocenters. The first-order valence-electron chi connectivity index (χ1n) is 10.5. The molecule has 4 rings (SSSR count). The van der Waals surface area contributed by atoms with Crippen LogP contribution in [-0.4, -0.2) is 33.4 Å². The molecule has 1 aromatic heterocycles. The van der Waals surface area contributed by atoms with Gasteiger partial charge in [-0.25, -0.2) is 9.37 Å². The monoisotopic (exact) mass is 440 g/mol. The van der Waals surface area contributed by atoms with Gasteiger partial charge in [-0.15, -0.1) is 0 Å². The molecule has 0 radical (unpaired) electrons. The number of carbonyl (C=O) groups is 1. The van der Waals surface area contributed by atoms with E-state index in [1.165, 1.54) is 6.07 Å². The van der Waals surface area contributed by atoms with Gasteiger partial charge in [0.15, 0.2) is 0 Å². The van der Waals surface area contributed by atoms with Crippen molar-refractivity contribution < 1.29 is 9.18 Å². The third kappa shape index (κ3) is 5.14. The number of hydrogen-bond acceptors (Lipinski definition) is 3. The second-order valence-electron chi connectivity index (χ2n) is 7.98. The zero-order valence-electron chi connectivity index (χ0n) is 17.5. The highest BCUT2D eigenvalue weighted by Gasteiger charge is 2.25. The summed E-state index contributed by atoms with van der Waals surface area (Å²) < 4.78 is 16.1. The Hall–Kier alpha value is -2.70. The van der Waals surface area contributed by atoms with E-state index in [1.807, 2.05) is 42.0 Å². The van der Waals surface area contributed by atoms with Crippen LogP contribution in [0.1, 0.15) is 29.8 Å². The van der Waals surface area contributed by atoms with E-state index in [0.29, 0.717) is 23.7 Å². The molecule has 5 nitrogen and oxygen atoms in total. The predicted molar refractivity (Wildman–Crippen MR) is 120 cm³/mol. The van der Waals surface area contributed by atoms with E-state index in [1.54, 1.807) is 18.3 Å². The molecule has 0 saturated carbocycles. The topological polar surface area (TPSA) is 50.2 Å². The van der Waals surface area contributed by atoms with E-state index in [2.05, 4.69) is 15.2 Å². The number of aromatic nitrogens is 2. The van der Waals surface area contributed by atoms with Gasteiger partial charge in [-0.3, -0.25) is 9.69 Å². The summed E-state index contributed by atoms with van der Waals surface area (Å²) >= 11 is 5.83. The Kier molecular flexibility index (Phi) is 6.68. The van der Waals surface area contributed by atoms with Crippen LogP contribution in [0.25, 0.3) is 5.69 Å². The van der Waals surface area contributed by atoms with Gasteiger partial charge in [0, 0.05) is 42.0 Å². The van der Waals surface area contributed by atoms with Crippen molar-refractivity contribution in [2.24, 2.45) is 5.92 Å². The molecule has 31 heavy (non-hydrogen) atoms. The van der Waals surface area contributed by atoms with Gasteiger partial charge < -0.3 is 9.88 Å². The third-order valence-corrected chi connectivity index (χ3v) is 6.13. The van der Waals surface area contributed by atoms with Crippen LogP contribution in [0.5, 0.6) is 0 Å². The summed E-state index contributed by atoms with van der Waals surface area (Å²) in [5, 5.41) is 3.51. The molecule has 1 aliphatic heterocycles. The van der Waals surface area contributed by atoms with E-state index in [9.17, 15) is 9.18 Å². The van der Waals surface area contributed by atoms with E-state index in [0.717, 1.165) is 43.0 Å². The molecule has 0 atom stereocenters. The lowest BCUT2D eigenvalue weighted by Gasteiger charge is -2.31. The Balaban J connectivity index is 1.31. The molecule has 1 fully saturated rings. The van der Waals surface area contributed by atoms with E-state index in [4.69, 9.17) is 11.6 Å². The normalized spacial score (nSPS) is 15.2. The lowest BCUT2D eigenvalue weighted by molar-refractivity contribution is -0.126. The summed E-state index contributed by atoms with van der Waals surface area (Å²) in [6.45, 7) is 4.51. The van der Waals surface area contributed by atoms with Gasteiger partial charge in [-0.05, 0) is 56.6 Å². The minimum absolute atomic E-state index is 0.0199. The largest absolute Gasteiger partial charge is 0.352 e. The number of benzene rings is 2. The molecule has 3 aromatic rings. The highest BCUT2D eigenvalue weighted by atomic mass is 35.5. The van der Waals surface area contributed by atoms with E-state index >= 15 is 0 Å². The maximum atomic E-state index is 14.1. The molecular formula is C24H26ClFN4O. The van der Waals surface area contributed by atoms with Gasteiger partial charge in [-0.2, -0.15) is 0 Å². The Morgan fingerprint density at radius 1 is 1.19 bits per heavy atom. The quantitative estimate of drug-likeness (QED) is 0.614. The molecule has 0 aliphatic carbocycles. The van der Waals surface area contributed by atoms with Crippen molar-refractivity contribution in [2.75, 3.05) is 13.1 Å². The zero-order chi connectivity index (χ0) is 21.8. The van der Waals surface area contributed by atoms with E-state index in [-0.39, 0.29) is 17.6 Å². The number of halogens is 2. The first-order valence-corrected chi connectivity index (χ1v) is 10.9. The number of imidazole rings is 1. The predicted octanol–water partition coefficient (Wildman–Crippen LogP) is 4.50. The molecule has 1 saturated heterocycles. The van der Waals surface area contributed by atoms with Crippen molar-refractivity contribution in [2.45, 2.75) is 32.9 Å². The highest BCUT2D eigenvalue weighted by Crippen LogP contribution is 2.22. The van der Waals surface area contributed by atoms with Crippen LogP contribution >= 0.6 is 11.6 Å². The fourth-order valence-corrected chi connectivity index (χ4v) is 4.26. The summed E-state index contributed by atoms with van der Waals surface area (Å²) in [5.74, 6) is 0.686. The van der Waals surface area contributed by atoms with Crippen molar-refractivity contribution in [1.82, 2.24) is 19.8 Å². The number of carbonyl (C=O) groups excluding carboxylic acids is 1. The first-order chi connectivity index (χ1) is 15.0. The SMILES string of the molecule is Cc1nccn1-c1ccccc1CNC(=O)C1CCN(Cc2ccc(Cl)cc2F)CC1. The third-order valence-electron chi connectivity index (χ3n) is 5.90. The number of piperidine rings is 1. The van der Waals surface area contributed by atoms with Gasteiger partial charge in [0.25, 0.3) is 0 Å². The number of para-hydroxylation sites is 1. The number of likely N-dealkylation sites (tertiary alicyclic amines) is 1. The molecule has 0 bridgehead atoms. The van der Waals surface area contributed by atoms with Crippen LogP contribution < -0.4 is 5.32 Å². The summed E-state index contributed by atoms with van der Waals surface area (Å²) in [4.78, 5) is 19.2. The molecule has 2 aromatic carbocycles. The van der Waals surface area contributed by atoms with Gasteiger partial charge >= 0.3 is 0 Å². The minimum atomic E-state index is -0.279. The average Bonchev–Trinajstić information content (AvgIpc) is 3.20. The van der Waals surface area contributed by atoms with Crippen molar-refractivity contribution in [1.29, 1.82) is 0 Å². The number of nitrogens with zero attached hydrogens (tertiary/aromatic N) is 3. The number of rotatable bonds is 6. The smallest absolute Gasteiger partial charge is 0.223 e. The second kappa shape index (κ2) is 9.62. The first kappa shape index (κ1) is 21.5. The van der Waals surface area contributed by atoms with Crippen LogP contribution in [-0.2, 0) is 17.9 Å². The van der Waals surface area contributed by atoms with Crippen LogP contribution in [0.3, 0.4) is 0 Å². The zero-order valence-corrected chi connectivity index (χ0v) is 18.3. The lowest BCUT2D eigenvalue weighted by atomic mass is 9.95. The Morgan fingerprint density at radius 2 is 1.97 bits per heavy atom. The summed E-state index contributed by atoms with van der Waals surface area (Å²) in [6.07, 6.45) is 5.23. The molecular weight excluding hydrogens is 415 g/mol.